The monoisotopic (exact) mass is 824 g/mol. The summed E-state index contributed by atoms with van der Waals surface area (Å²) in [5, 5.41) is 10.1. The normalized spacial score (nSPS) is 12.4. The summed E-state index contributed by atoms with van der Waals surface area (Å²) >= 11 is 1.73. The highest BCUT2D eigenvalue weighted by Crippen LogP contribution is 2.48. The van der Waals surface area contributed by atoms with Crippen molar-refractivity contribution in [1.82, 2.24) is 0 Å². The second-order valence-electron chi connectivity index (χ2n) is 15.4. The Kier molecular flexibility index (Phi) is 8.38. The molecule has 0 radical (unpaired) electrons. The van der Waals surface area contributed by atoms with Gasteiger partial charge >= 0.3 is 12.4 Å². The van der Waals surface area contributed by atoms with Gasteiger partial charge in [0.25, 0.3) is 0 Å². The van der Waals surface area contributed by atoms with Crippen LogP contribution in [-0.4, -0.2) is 0 Å². The molecule has 0 bridgehead atoms. The van der Waals surface area contributed by atoms with Gasteiger partial charge in [0.1, 0.15) is 0 Å². The summed E-state index contributed by atoms with van der Waals surface area (Å²) < 4.78 is 83.5. The lowest BCUT2D eigenvalue weighted by Crippen LogP contribution is -2.04. The molecule has 0 nitrogen and oxygen atoms in total. The van der Waals surface area contributed by atoms with E-state index in [2.05, 4.69) is 60.7 Å². The molecule has 0 fully saturated rings. The Bertz CT molecular complexity index is 3430. The Hall–Kier alpha value is -6.96. The van der Waals surface area contributed by atoms with Crippen LogP contribution in [-0.2, 0) is 12.4 Å². The Morgan fingerprint density at radius 1 is 0.262 bits per heavy atom. The van der Waals surface area contributed by atoms with Crippen LogP contribution in [0.2, 0.25) is 0 Å². The number of thiophene rings is 1. The third kappa shape index (κ3) is 6.06. The van der Waals surface area contributed by atoms with Crippen LogP contribution >= 0.6 is 11.3 Å². The first-order valence-electron chi connectivity index (χ1n) is 19.7. The van der Waals surface area contributed by atoms with Crippen molar-refractivity contribution in [2.75, 3.05) is 0 Å². The van der Waals surface area contributed by atoms with Gasteiger partial charge in [-0.05, 0) is 130 Å². The summed E-state index contributed by atoms with van der Waals surface area (Å²) in [5.41, 5.74) is 6.08. The van der Waals surface area contributed by atoms with Crippen molar-refractivity contribution < 1.29 is 26.3 Å². The number of halogens is 6. The number of hydrogen-bond acceptors (Lipinski definition) is 1. The molecular formula is C54H30F6S. The number of benzene rings is 10. The second-order valence-corrected chi connectivity index (χ2v) is 16.4. The molecule has 294 valence electrons. The molecule has 0 aliphatic rings. The molecule has 0 saturated carbocycles. The molecule has 0 spiro atoms. The predicted molar refractivity (Wildman–Crippen MR) is 241 cm³/mol. The minimum Gasteiger partial charge on any atom is -0.166 e. The maximum atomic E-state index is 13.5. The Labute approximate surface area is 349 Å². The zero-order valence-electron chi connectivity index (χ0n) is 32.0. The molecule has 10 aromatic carbocycles. The summed E-state index contributed by atoms with van der Waals surface area (Å²) in [5.74, 6) is 0. The highest BCUT2D eigenvalue weighted by molar-refractivity contribution is 7.25. The van der Waals surface area contributed by atoms with E-state index in [0.717, 1.165) is 132 Å². The van der Waals surface area contributed by atoms with Gasteiger partial charge in [-0.15, -0.1) is 11.3 Å². The first kappa shape index (κ1) is 37.1. The van der Waals surface area contributed by atoms with E-state index in [0.29, 0.717) is 0 Å². The third-order valence-electron chi connectivity index (χ3n) is 11.9. The minimum absolute atomic E-state index is 0.679. The van der Waals surface area contributed by atoms with Crippen LogP contribution in [0.15, 0.2) is 182 Å². The van der Waals surface area contributed by atoms with E-state index < -0.39 is 23.5 Å². The van der Waals surface area contributed by atoms with Crippen LogP contribution < -0.4 is 0 Å². The van der Waals surface area contributed by atoms with Gasteiger partial charge in [0.2, 0.25) is 0 Å². The van der Waals surface area contributed by atoms with E-state index in [9.17, 15) is 26.3 Å². The van der Waals surface area contributed by atoms with Crippen molar-refractivity contribution in [3.05, 3.63) is 193 Å². The molecule has 0 saturated heterocycles. The van der Waals surface area contributed by atoms with Crippen LogP contribution in [0.3, 0.4) is 0 Å². The molecule has 0 unspecified atom stereocenters. The van der Waals surface area contributed by atoms with E-state index in [1.165, 1.54) is 0 Å². The van der Waals surface area contributed by atoms with E-state index >= 15 is 0 Å². The van der Waals surface area contributed by atoms with Crippen molar-refractivity contribution >= 4 is 74.6 Å². The van der Waals surface area contributed by atoms with Gasteiger partial charge < -0.3 is 0 Å². The maximum absolute atomic E-state index is 13.5. The van der Waals surface area contributed by atoms with Crippen molar-refractivity contribution in [3.8, 4) is 44.5 Å². The molecule has 7 heteroatoms. The lowest BCUT2D eigenvalue weighted by molar-refractivity contribution is -0.138. The summed E-state index contributed by atoms with van der Waals surface area (Å²) in [6, 6.07) is 56.4. The van der Waals surface area contributed by atoms with Gasteiger partial charge in [0, 0.05) is 20.2 Å². The molecule has 0 aliphatic carbocycles. The topological polar surface area (TPSA) is 0 Å². The van der Waals surface area contributed by atoms with E-state index in [4.69, 9.17) is 0 Å². The number of fused-ring (bicyclic) bond motifs is 7. The lowest BCUT2D eigenvalue weighted by Gasteiger charge is -2.18. The highest BCUT2D eigenvalue weighted by atomic mass is 32.1. The van der Waals surface area contributed by atoms with Gasteiger partial charge in [0.05, 0.1) is 11.1 Å². The average Bonchev–Trinajstić information content (AvgIpc) is 3.64. The van der Waals surface area contributed by atoms with E-state index in [1.807, 2.05) is 72.8 Å². The fraction of sp³-hybridized carbons (Fsp3) is 0.0370. The molecule has 61 heavy (non-hydrogen) atoms. The van der Waals surface area contributed by atoms with Crippen LogP contribution in [0.5, 0.6) is 0 Å². The zero-order valence-corrected chi connectivity index (χ0v) is 32.8. The molecular weight excluding hydrogens is 795 g/mol. The largest absolute Gasteiger partial charge is 0.416 e. The van der Waals surface area contributed by atoms with Gasteiger partial charge in [0.15, 0.2) is 0 Å². The molecule has 11 rings (SSSR count). The van der Waals surface area contributed by atoms with Gasteiger partial charge in [-0.1, -0.05) is 140 Å². The molecule has 0 N–H and O–H groups in total. The van der Waals surface area contributed by atoms with Crippen molar-refractivity contribution in [3.63, 3.8) is 0 Å². The minimum atomic E-state index is -4.42. The van der Waals surface area contributed by atoms with Crippen molar-refractivity contribution in [2.45, 2.75) is 12.4 Å². The van der Waals surface area contributed by atoms with E-state index in [1.54, 1.807) is 35.6 Å². The summed E-state index contributed by atoms with van der Waals surface area (Å²) in [4.78, 5) is 0. The van der Waals surface area contributed by atoms with Crippen LogP contribution in [0, 0.1) is 0 Å². The van der Waals surface area contributed by atoms with E-state index in [-0.39, 0.29) is 0 Å². The fourth-order valence-electron chi connectivity index (χ4n) is 9.24. The lowest BCUT2D eigenvalue weighted by atomic mass is 9.85. The van der Waals surface area contributed by atoms with Crippen LogP contribution in [0.4, 0.5) is 26.3 Å². The van der Waals surface area contributed by atoms with Crippen molar-refractivity contribution in [2.24, 2.45) is 0 Å². The van der Waals surface area contributed by atoms with Crippen LogP contribution in [0.1, 0.15) is 11.1 Å². The fourth-order valence-corrected chi connectivity index (χ4v) is 10.4. The standard InChI is InChI=1S/C54H30F6S/c55-53(56,57)35-23-17-31(18-24-35)49-38-9-1-5-13-42(38)51(43-14-6-2-10-39(43)49)33-22-28-47-46(29-33)37-27-21-34(30-48(37)61-47)52-44-15-7-3-11-40(44)50(41-12-4-8-16-45(41)52)32-19-25-36(26-20-32)54(58,59)60/h1-30H. The third-order valence-corrected chi connectivity index (χ3v) is 13.0. The maximum Gasteiger partial charge on any atom is 0.416 e. The molecule has 1 heterocycles. The summed E-state index contributed by atoms with van der Waals surface area (Å²) in [7, 11) is 0. The average molecular weight is 825 g/mol. The number of alkyl halides is 6. The highest BCUT2D eigenvalue weighted by Gasteiger charge is 2.31. The molecule has 11 aromatic rings. The molecule has 1 aromatic heterocycles. The SMILES string of the molecule is FC(F)(F)c1ccc(-c2c3ccccc3c(-c3ccc4c(c3)sc3ccc(-c5c6ccccc6c(-c6ccc(C(F)(F)F)cc6)c6ccccc56)cc34)c3ccccc23)cc1. The van der Waals surface area contributed by atoms with Gasteiger partial charge in [-0.2, -0.15) is 26.3 Å². The summed E-state index contributed by atoms with van der Waals surface area (Å²) in [6.07, 6.45) is -8.84. The quantitative estimate of drug-likeness (QED) is 0.123. The van der Waals surface area contributed by atoms with Crippen LogP contribution in [0.25, 0.3) is 108 Å². The van der Waals surface area contributed by atoms with Gasteiger partial charge in [-0.25, -0.2) is 0 Å². The molecule has 0 amide bonds. The number of rotatable bonds is 4. The molecule has 0 atom stereocenters. The van der Waals surface area contributed by atoms with Crippen molar-refractivity contribution in [1.29, 1.82) is 0 Å². The molecule has 0 aliphatic heterocycles. The summed E-state index contributed by atoms with van der Waals surface area (Å²) in [6.45, 7) is 0. The second kappa shape index (κ2) is 13.8. The first-order valence-corrected chi connectivity index (χ1v) is 20.5. The first-order chi connectivity index (χ1) is 29.5. The zero-order chi connectivity index (χ0) is 41.6. The Morgan fingerprint density at radius 2 is 0.574 bits per heavy atom. The predicted octanol–water partition coefficient (Wildman–Crippen LogP) is 17.4. The smallest absolute Gasteiger partial charge is 0.166 e. The number of hydrogen-bond donors (Lipinski definition) is 0. The Balaban J connectivity index is 1.07. The Morgan fingerprint density at radius 3 is 0.934 bits per heavy atom. The van der Waals surface area contributed by atoms with Gasteiger partial charge in [-0.3, -0.25) is 0 Å².